The van der Waals surface area contributed by atoms with E-state index in [0.717, 1.165) is 6.66 Å². The second-order valence-corrected chi connectivity index (χ2v) is 12.2. The molecule has 0 aromatic heterocycles. The Labute approximate surface area is 204 Å². The maximum Gasteiger partial charge on any atom is 0.416 e. The molecule has 0 unspecified atom stereocenters. The Morgan fingerprint density at radius 2 is 0.892 bits per heavy atom. The number of alkyl halides is 12. The summed E-state index contributed by atoms with van der Waals surface area (Å²) < 4.78 is 163. The molecule has 0 spiro atoms. The molecule has 1 aliphatic carbocycles. The van der Waals surface area contributed by atoms with Gasteiger partial charge in [-0.3, -0.25) is 0 Å². The van der Waals surface area contributed by atoms with Gasteiger partial charge in [0.15, 0.2) is 0 Å². The third kappa shape index (κ3) is 5.99. The van der Waals surface area contributed by atoms with Crippen LogP contribution >= 0.6 is 7.26 Å². The topological polar surface area (TPSA) is 0 Å². The van der Waals surface area contributed by atoms with Crippen molar-refractivity contribution in [1.29, 1.82) is 0 Å². The van der Waals surface area contributed by atoms with Crippen LogP contribution in [0.1, 0.15) is 42.0 Å². The van der Waals surface area contributed by atoms with E-state index in [-0.39, 0.29) is 30.3 Å². The second kappa shape index (κ2) is 9.36. The molecule has 0 radical (unpaired) electrons. The van der Waals surface area contributed by atoms with Crippen LogP contribution in [-0.2, 0) is 24.7 Å². The summed E-state index contributed by atoms with van der Waals surface area (Å²) in [6, 6.07) is 1.26. The van der Waals surface area contributed by atoms with Crippen LogP contribution in [0.15, 0.2) is 59.4 Å². The van der Waals surface area contributed by atoms with Crippen molar-refractivity contribution in [3.8, 4) is 0 Å². The van der Waals surface area contributed by atoms with Crippen LogP contribution in [0.5, 0.6) is 0 Å². The molecule has 2 aromatic carbocycles. The standard InChI is InChI=1S/C24H18F12P/c1-13-5-3-4-6-20(13)37(2,18-9-14(21(25,26)27)7-15(10-18)22(28,29)30)19-11-16(23(31,32)33)8-17(12-19)24(34,35)36/h3,5,7-12H,4,6H2,1-2H3/q+1. The molecular weight excluding hydrogens is 547 g/mol. The van der Waals surface area contributed by atoms with Crippen LogP contribution in [0.25, 0.3) is 0 Å². The number of halogens is 12. The normalized spacial score (nSPS) is 15.9. The molecule has 37 heavy (non-hydrogen) atoms. The second-order valence-electron chi connectivity index (χ2n) is 8.61. The van der Waals surface area contributed by atoms with Gasteiger partial charge in [-0.25, -0.2) is 0 Å². The van der Waals surface area contributed by atoms with E-state index in [1.54, 1.807) is 6.08 Å². The summed E-state index contributed by atoms with van der Waals surface area (Å²) in [6.07, 6.45) is -17.6. The highest BCUT2D eigenvalue weighted by Gasteiger charge is 2.49. The largest absolute Gasteiger partial charge is 0.416 e. The molecular formula is C24H18F12P+. The molecule has 0 fully saturated rings. The van der Waals surface area contributed by atoms with Gasteiger partial charge in [-0.1, -0.05) is 12.2 Å². The lowest BCUT2D eigenvalue weighted by Gasteiger charge is -2.30. The van der Waals surface area contributed by atoms with Crippen LogP contribution in [0.4, 0.5) is 52.7 Å². The first-order valence-corrected chi connectivity index (χ1v) is 12.7. The molecule has 0 nitrogen and oxygen atoms in total. The molecule has 3 rings (SSSR count). The van der Waals surface area contributed by atoms with Crippen LogP contribution in [0.3, 0.4) is 0 Å². The van der Waals surface area contributed by atoms with E-state index in [0.29, 0.717) is 29.8 Å². The average molecular weight is 565 g/mol. The van der Waals surface area contributed by atoms with Gasteiger partial charge in [0, 0.05) is 6.42 Å². The van der Waals surface area contributed by atoms with E-state index in [4.69, 9.17) is 0 Å². The summed E-state index contributed by atoms with van der Waals surface area (Å²) in [7, 11) is -3.86. The van der Waals surface area contributed by atoms with E-state index in [2.05, 4.69) is 0 Å². The highest BCUT2D eigenvalue weighted by molar-refractivity contribution is 7.92. The molecule has 13 heteroatoms. The first-order chi connectivity index (χ1) is 16.6. The fourth-order valence-corrected chi connectivity index (χ4v) is 8.07. The van der Waals surface area contributed by atoms with Crippen molar-refractivity contribution in [2.24, 2.45) is 0 Å². The predicted octanol–water partition coefficient (Wildman–Crippen LogP) is 8.98. The lowest BCUT2D eigenvalue weighted by Crippen LogP contribution is -2.29. The summed E-state index contributed by atoms with van der Waals surface area (Å²) in [5.41, 5.74) is -6.50. The quantitative estimate of drug-likeness (QED) is 0.258. The van der Waals surface area contributed by atoms with Gasteiger partial charge >= 0.3 is 24.7 Å². The van der Waals surface area contributed by atoms with Gasteiger partial charge in [0.2, 0.25) is 0 Å². The lowest BCUT2D eigenvalue weighted by molar-refractivity contribution is -0.144. The fourth-order valence-electron chi connectivity index (χ4n) is 4.20. The maximum atomic E-state index is 13.6. The third-order valence-electron chi connectivity index (χ3n) is 6.09. The molecule has 0 bridgehead atoms. The van der Waals surface area contributed by atoms with Crippen LogP contribution < -0.4 is 10.6 Å². The van der Waals surface area contributed by atoms with Crippen molar-refractivity contribution in [2.45, 2.75) is 44.5 Å². The van der Waals surface area contributed by atoms with Crippen molar-refractivity contribution >= 4 is 17.9 Å². The van der Waals surface area contributed by atoms with E-state index in [1.165, 1.54) is 13.0 Å². The Bertz CT molecular complexity index is 1100. The Morgan fingerprint density at radius 1 is 0.568 bits per heavy atom. The van der Waals surface area contributed by atoms with Gasteiger partial charge in [0.25, 0.3) is 0 Å². The van der Waals surface area contributed by atoms with Crippen molar-refractivity contribution in [3.05, 3.63) is 81.7 Å². The zero-order chi connectivity index (χ0) is 28.2. The average Bonchev–Trinajstić information content (AvgIpc) is 2.76. The van der Waals surface area contributed by atoms with Gasteiger partial charge in [-0.15, -0.1) is 0 Å². The summed E-state index contributed by atoms with van der Waals surface area (Å²) in [4.78, 5) is 0. The van der Waals surface area contributed by atoms with Crippen LogP contribution in [0.2, 0.25) is 0 Å². The number of allylic oxidation sites excluding steroid dienone is 4. The minimum atomic E-state index is -5.26. The number of rotatable bonds is 3. The summed E-state index contributed by atoms with van der Waals surface area (Å²) in [5.74, 6) is 0. The smallest absolute Gasteiger partial charge is 0.166 e. The molecule has 0 N–H and O–H groups in total. The van der Waals surface area contributed by atoms with E-state index < -0.39 is 64.8 Å². The van der Waals surface area contributed by atoms with E-state index in [1.807, 2.05) is 0 Å². The van der Waals surface area contributed by atoms with E-state index >= 15 is 0 Å². The molecule has 0 saturated carbocycles. The number of hydrogen-bond acceptors (Lipinski definition) is 0. The van der Waals surface area contributed by atoms with Crippen LogP contribution in [-0.4, -0.2) is 6.66 Å². The molecule has 0 saturated heterocycles. The van der Waals surface area contributed by atoms with E-state index in [9.17, 15) is 52.7 Å². The third-order valence-corrected chi connectivity index (χ3v) is 10.3. The summed E-state index contributed by atoms with van der Waals surface area (Å²) in [5, 5.41) is -1.06. The number of hydrogen-bond donors (Lipinski definition) is 0. The first kappa shape index (κ1) is 29.1. The summed E-state index contributed by atoms with van der Waals surface area (Å²) in [6.45, 7) is 2.61. The Balaban J connectivity index is 2.52. The zero-order valence-corrected chi connectivity index (χ0v) is 19.9. The van der Waals surface area contributed by atoms with Gasteiger partial charge in [0.05, 0.1) is 34.2 Å². The zero-order valence-electron chi connectivity index (χ0n) is 19.0. The lowest BCUT2D eigenvalue weighted by atomic mass is 10.1. The maximum absolute atomic E-state index is 13.6. The molecule has 0 aliphatic heterocycles. The number of benzene rings is 2. The van der Waals surface area contributed by atoms with Crippen molar-refractivity contribution < 1.29 is 52.7 Å². The Morgan fingerprint density at radius 3 is 1.16 bits per heavy atom. The molecule has 0 atom stereocenters. The van der Waals surface area contributed by atoms with Gasteiger partial charge in [-0.05, 0) is 55.3 Å². The van der Waals surface area contributed by atoms with Crippen molar-refractivity contribution in [1.82, 2.24) is 0 Å². The fraction of sp³-hybridized carbons (Fsp3) is 0.333. The minimum absolute atomic E-state index is 0.0296. The van der Waals surface area contributed by atoms with Gasteiger partial charge in [0.1, 0.15) is 17.9 Å². The monoisotopic (exact) mass is 565 g/mol. The van der Waals surface area contributed by atoms with Gasteiger partial charge in [-0.2, -0.15) is 52.7 Å². The molecule has 0 amide bonds. The SMILES string of the molecule is CC1=C([P+](C)(c2cc(C(F)(F)F)cc(C(F)(F)F)c2)c2cc(C(F)(F)F)cc(C(F)(F)F)c2)CCC=C1. The Hall–Kier alpha value is -2.49. The predicted molar refractivity (Wildman–Crippen MR) is 116 cm³/mol. The summed E-state index contributed by atoms with van der Waals surface area (Å²) >= 11 is 0. The Kier molecular flexibility index (Phi) is 7.36. The first-order valence-electron chi connectivity index (χ1n) is 10.5. The van der Waals surface area contributed by atoms with Crippen LogP contribution in [0, 0.1) is 0 Å². The highest BCUT2D eigenvalue weighted by Crippen LogP contribution is 2.64. The van der Waals surface area contributed by atoms with Crippen molar-refractivity contribution in [3.63, 3.8) is 0 Å². The molecule has 0 heterocycles. The highest BCUT2D eigenvalue weighted by atomic mass is 31.2. The molecule has 2 aromatic rings. The minimum Gasteiger partial charge on any atom is -0.166 e. The molecule has 202 valence electrons. The van der Waals surface area contributed by atoms with Crippen molar-refractivity contribution in [2.75, 3.05) is 6.66 Å². The van der Waals surface area contributed by atoms with Gasteiger partial charge < -0.3 is 0 Å². The molecule has 1 aliphatic rings.